The van der Waals surface area contributed by atoms with Gasteiger partial charge in [0.25, 0.3) is 0 Å². The minimum atomic E-state index is -0.450. The Bertz CT molecular complexity index is 901. The van der Waals surface area contributed by atoms with Crippen LogP contribution < -0.4 is 10.9 Å². The predicted molar refractivity (Wildman–Crippen MR) is 97.1 cm³/mol. The van der Waals surface area contributed by atoms with E-state index in [4.69, 9.17) is 4.52 Å². The number of nitrogens with zero attached hydrogens (tertiary/aromatic N) is 1. The number of amides is 1. The molecule has 0 aliphatic carbocycles. The first-order chi connectivity index (χ1) is 11.5. The molecule has 0 radical (unpaired) electrons. The number of nitrogens with one attached hydrogen (secondary N) is 1. The molecular formula is C17H18N2O3S2. The summed E-state index contributed by atoms with van der Waals surface area (Å²) in [5.74, 6) is 0.0148. The van der Waals surface area contributed by atoms with Crippen molar-refractivity contribution in [2.24, 2.45) is 0 Å². The molecule has 5 nitrogen and oxygen atoms in total. The van der Waals surface area contributed by atoms with Gasteiger partial charge in [0.2, 0.25) is 0 Å². The van der Waals surface area contributed by atoms with Crippen LogP contribution >= 0.6 is 22.7 Å². The monoisotopic (exact) mass is 362 g/mol. The summed E-state index contributed by atoms with van der Waals surface area (Å²) in [4.78, 5) is 27.6. The van der Waals surface area contributed by atoms with E-state index in [1.54, 1.807) is 29.6 Å². The highest BCUT2D eigenvalue weighted by Crippen LogP contribution is 2.31. The van der Waals surface area contributed by atoms with E-state index in [0.717, 1.165) is 9.62 Å². The summed E-state index contributed by atoms with van der Waals surface area (Å²) in [6.07, 6.45) is 0. The number of hydrogen-bond donors (Lipinski definition) is 1. The Balaban J connectivity index is 1.70. The van der Waals surface area contributed by atoms with Crippen LogP contribution in [0.5, 0.6) is 0 Å². The average Bonchev–Trinajstić information content (AvgIpc) is 3.24. The van der Waals surface area contributed by atoms with Crippen molar-refractivity contribution in [3.63, 3.8) is 0 Å². The van der Waals surface area contributed by atoms with Gasteiger partial charge in [-0.2, -0.15) is 0 Å². The van der Waals surface area contributed by atoms with Crippen molar-refractivity contribution in [3.8, 4) is 9.75 Å². The average molecular weight is 362 g/mol. The third-order valence-corrected chi connectivity index (χ3v) is 5.84. The van der Waals surface area contributed by atoms with Crippen molar-refractivity contribution in [1.29, 1.82) is 0 Å². The van der Waals surface area contributed by atoms with Gasteiger partial charge in [-0.05, 0) is 36.4 Å². The molecule has 1 N–H and O–H groups in total. The van der Waals surface area contributed by atoms with Crippen LogP contribution in [0.2, 0.25) is 0 Å². The van der Waals surface area contributed by atoms with Crippen molar-refractivity contribution in [2.45, 2.75) is 33.2 Å². The summed E-state index contributed by atoms with van der Waals surface area (Å²) in [6.45, 7) is 5.92. The Morgan fingerprint density at radius 3 is 2.71 bits per heavy atom. The normalized spacial score (nSPS) is 11.2. The summed E-state index contributed by atoms with van der Waals surface area (Å²) in [7, 11) is 0. The lowest BCUT2D eigenvalue weighted by atomic mass is 10.1. The molecule has 0 bridgehead atoms. The van der Waals surface area contributed by atoms with E-state index in [1.165, 1.54) is 9.75 Å². The highest BCUT2D eigenvalue weighted by atomic mass is 32.1. The molecule has 0 saturated carbocycles. The quantitative estimate of drug-likeness (QED) is 0.747. The maximum atomic E-state index is 12.3. The molecule has 3 aromatic rings. The Hall–Kier alpha value is -2.12. The zero-order valence-electron chi connectivity index (χ0n) is 13.7. The van der Waals surface area contributed by atoms with E-state index in [-0.39, 0.29) is 5.92 Å². The number of aromatic nitrogens is 1. The molecule has 0 atom stereocenters. The first kappa shape index (κ1) is 16.7. The topological polar surface area (TPSA) is 64.2 Å². The summed E-state index contributed by atoms with van der Waals surface area (Å²) in [5, 5.41) is 4.84. The molecule has 0 unspecified atom stereocenters. The van der Waals surface area contributed by atoms with Crippen molar-refractivity contribution < 1.29 is 9.32 Å². The van der Waals surface area contributed by atoms with Crippen molar-refractivity contribution in [1.82, 2.24) is 10.1 Å². The summed E-state index contributed by atoms with van der Waals surface area (Å²) in [6, 6.07) is 7.71. The first-order valence-corrected chi connectivity index (χ1v) is 9.30. The van der Waals surface area contributed by atoms with Gasteiger partial charge in [-0.15, -0.1) is 27.4 Å². The third-order valence-electron chi connectivity index (χ3n) is 3.69. The van der Waals surface area contributed by atoms with Crippen molar-refractivity contribution in [3.05, 3.63) is 56.2 Å². The Labute approximate surface area is 147 Å². The second-order valence-corrected chi connectivity index (χ2v) is 7.84. The Morgan fingerprint density at radius 1 is 1.29 bits per heavy atom. The minimum Gasteiger partial charge on any atom is -0.330 e. The van der Waals surface area contributed by atoms with Gasteiger partial charge in [0, 0.05) is 14.6 Å². The van der Waals surface area contributed by atoms with Crippen LogP contribution in [0.4, 0.5) is 4.79 Å². The molecule has 0 fully saturated rings. The van der Waals surface area contributed by atoms with Gasteiger partial charge in [0.05, 0.1) is 17.8 Å². The van der Waals surface area contributed by atoms with Crippen LogP contribution in [-0.4, -0.2) is 10.8 Å². The fourth-order valence-electron chi connectivity index (χ4n) is 2.56. The number of carbonyl (C=O) groups is 1. The van der Waals surface area contributed by atoms with E-state index in [0.29, 0.717) is 17.8 Å². The summed E-state index contributed by atoms with van der Waals surface area (Å²) in [5.41, 5.74) is 0.646. The van der Waals surface area contributed by atoms with Crippen LogP contribution in [0, 0.1) is 6.92 Å². The molecular weight excluding hydrogens is 344 g/mol. The molecule has 1 amide bonds. The van der Waals surface area contributed by atoms with Gasteiger partial charge in [-0.3, -0.25) is 0 Å². The molecule has 0 aliphatic heterocycles. The number of thiophene rings is 2. The van der Waals surface area contributed by atoms with Crippen LogP contribution in [0.1, 0.15) is 35.9 Å². The molecule has 126 valence electrons. The largest absolute Gasteiger partial charge is 0.361 e. The maximum absolute atomic E-state index is 12.3. The van der Waals surface area contributed by atoms with Crippen LogP contribution in [0.3, 0.4) is 0 Å². The lowest BCUT2D eigenvalue weighted by Crippen LogP contribution is -2.28. The van der Waals surface area contributed by atoms with Crippen LogP contribution in [0.25, 0.3) is 9.75 Å². The smallest absolute Gasteiger partial charge is 0.330 e. The zero-order chi connectivity index (χ0) is 17.3. The first-order valence-electron chi connectivity index (χ1n) is 7.61. The zero-order valence-corrected chi connectivity index (χ0v) is 15.3. The van der Waals surface area contributed by atoms with Crippen molar-refractivity contribution >= 4 is 28.7 Å². The van der Waals surface area contributed by atoms with Gasteiger partial charge in [0.1, 0.15) is 0 Å². The number of hydrogen-bond acceptors (Lipinski definition) is 5. The van der Waals surface area contributed by atoms with E-state index in [2.05, 4.69) is 17.4 Å². The second kappa shape index (κ2) is 6.78. The van der Waals surface area contributed by atoms with Crippen molar-refractivity contribution in [2.75, 3.05) is 0 Å². The van der Waals surface area contributed by atoms with Gasteiger partial charge in [-0.1, -0.05) is 19.9 Å². The highest BCUT2D eigenvalue weighted by molar-refractivity contribution is 7.21. The van der Waals surface area contributed by atoms with E-state index < -0.39 is 11.7 Å². The predicted octanol–water partition coefficient (Wildman–Crippen LogP) is 4.42. The molecule has 0 spiro atoms. The lowest BCUT2D eigenvalue weighted by molar-refractivity contribution is 0.205. The molecule has 3 aromatic heterocycles. The lowest BCUT2D eigenvalue weighted by Gasteiger charge is -2.05. The van der Waals surface area contributed by atoms with E-state index >= 15 is 0 Å². The molecule has 0 aromatic carbocycles. The maximum Gasteiger partial charge on any atom is 0.361 e. The Morgan fingerprint density at radius 2 is 2.08 bits per heavy atom. The second-order valence-electron chi connectivity index (χ2n) is 5.73. The molecule has 7 heteroatoms. The fourth-order valence-corrected chi connectivity index (χ4v) is 4.35. The fraction of sp³-hybridized carbons (Fsp3) is 0.294. The summed E-state index contributed by atoms with van der Waals surface area (Å²) < 4.78 is 6.12. The SMILES string of the molecule is Cc1c(C(C)C)c(=O)on1C(=O)NCc1ccc(-c2cccs2)s1. The molecule has 0 saturated heterocycles. The third kappa shape index (κ3) is 3.22. The Kier molecular flexibility index (Phi) is 4.73. The number of rotatable bonds is 4. The standard InChI is InChI=1S/C17H18N2O3S2/c1-10(2)15-11(3)19(22-16(15)20)17(21)18-9-12-6-7-14(24-12)13-5-4-8-23-13/h4-8,10H,9H2,1-3H3,(H,18,21). The number of carbonyl (C=O) groups excluding carboxylic acids is 1. The van der Waals surface area contributed by atoms with E-state index in [1.807, 2.05) is 31.4 Å². The van der Waals surface area contributed by atoms with Gasteiger partial charge in [0.15, 0.2) is 0 Å². The van der Waals surface area contributed by atoms with Crippen LogP contribution in [0.15, 0.2) is 39.0 Å². The molecule has 0 aliphatic rings. The van der Waals surface area contributed by atoms with Gasteiger partial charge in [-0.25, -0.2) is 9.59 Å². The highest BCUT2D eigenvalue weighted by Gasteiger charge is 2.20. The van der Waals surface area contributed by atoms with Crippen LogP contribution in [-0.2, 0) is 6.54 Å². The van der Waals surface area contributed by atoms with E-state index in [9.17, 15) is 9.59 Å². The molecule has 24 heavy (non-hydrogen) atoms. The summed E-state index contributed by atoms with van der Waals surface area (Å²) >= 11 is 3.33. The molecule has 3 rings (SSSR count). The molecule has 3 heterocycles. The minimum absolute atomic E-state index is 0.0148. The van der Waals surface area contributed by atoms with Gasteiger partial charge < -0.3 is 9.84 Å². The van der Waals surface area contributed by atoms with Gasteiger partial charge >= 0.3 is 11.7 Å².